The van der Waals surface area contributed by atoms with Gasteiger partial charge in [-0.1, -0.05) is 0 Å². The lowest BCUT2D eigenvalue weighted by Crippen LogP contribution is -2.34. The van der Waals surface area contributed by atoms with Crippen molar-refractivity contribution in [1.29, 1.82) is 0 Å². The minimum Gasteiger partial charge on any atom is -0.381 e. The summed E-state index contributed by atoms with van der Waals surface area (Å²) in [5.41, 5.74) is 1.10. The van der Waals surface area contributed by atoms with E-state index >= 15 is 0 Å². The van der Waals surface area contributed by atoms with Crippen molar-refractivity contribution in [3.63, 3.8) is 0 Å². The highest BCUT2D eigenvalue weighted by Gasteiger charge is 2.18. The van der Waals surface area contributed by atoms with E-state index < -0.39 is 0 Å². The van der Waals surface area contributed by atoms with Crippen LogP contribution in [0.5, 0.6) is 0 Å². The fourth-order valence-corrected chi connectivity index (χ4v) is 2.63. The lowest BCUT2D eigenvalue weighted by molar-refractivity contribution is 0.0757. The molecule has 0 saturated carbocycles. The number of morpholine rings is 1. The third-order valence-corrected chi connectivity index (χ3v) is 3.60. The monoisotopic (exact) mass is 242 g/mol. The summed E-state index contributed by atoms with van der Waals surface area (Å²) >= 11 is 1.70. The van der Waals surface area contributed by atoms with Crippen LogP contribution in [-0.4, -0.2) is 38.0 Å². The topological polar surface area (TPSA) is 43.4 Å². The predicted octanol–water partition coefficient (Wildman–Crippen LogP) is 1.38. The van der Waals surface area contributed by atoms with Crippen molar-refractivity contribution >= 4 is 11.3 Å². The van der Waals surface area contributed by atoms with Crippen LogP contribution in [0.25, 0.3) is 0 Å². The minimum atomic E-state index is 0.231. The molecule has 0 aromatic carbocycles. The maximum absolute atomic E-state index is 5.43. The number of hydrogen-bond acceptors (Lipinski definition) is 5. The second-order valence-corrected chi connectivity index (χ2v) is 4.94. The molecule has 0 spiro atoms. The molecular formula is C11H18N2O2S. The van der Waals surface area contributed by atoms with Gasteiger partial charge in [0.05, 0.1) is 36.1 Å². The summed E-state index contributed by atoms with van der Waals surface area (Å²) in [4.78, 5) is 4.62. The number of rotatable bonds is 4. The zero-order valence-corrected chi connectivity index (χ0v) is 10.5. The fourth-order valence-electron chi connectivity index (χ4n) is 1.66. The van der Waals surface area contributed by atoms with E-state index in [1.165, 1.54) is 0 Å². The van der Waals surface area contributed by atoms with Crippen LogP contribution in [-0.2, 0) is 15.9 Å². The first kappa shape index (κ1) is 12.0. The van der Waals surface area contributed by atoms with Crippen LogP contribution in [0.15, 0.2) is 5.38 Å². The molecule has 1 aliphatic heterocycles. The highest BCUT2D eigenvalue weighted by Crippen LogP contribution is 2.20. The third kappa shape index (κ3) is 3.01. The zero-order chi connectivity index (χ0) is 11.4. The molecule has 2 rings (SSSR count). The minimum absolute atomic E-state index is 0.231. The van der Waals surface area contributed by atoms with E-state index in [-0.39, 0.29) is 12.1 Å². The molecule has 2 heterocycles. The van der Waals surface area contributed by atoms with Gasteiger partial charge in [0, 0.05) is 25.5 Å². The maximum atomic E-state index is 5.43. The Morgan fingerprint density at radius 1 is 1.75 bits per heavy atom. The molecule has 5 heteroatoms. The second-order valence-electron chi connectivity index (χ2n) is 4.00. The van der Waals surface area contributed by atoms with Gasteiger partial charge in [-0.2, -0.15) is 0 Å². The summed E-state index contributed by atoms with van der Waals surface area (Å²) in [6, 6.07) is 0.261. The predicted molar refractivity (Wildman–Crippen MR) is 63.9 cm³/mol. The van der Waals surface area contributed by atoms with Gasteiger partial charge < -0.3 is 14.8 Å². The van der Waals surface area contributed by atoms with E-state index in [0.717, 1.165) is 36.9 Å². The number of nitrogens with zero attached hydrogens (tertiary/aromatic N) is 1. The summed E-state index contributed by atoms with van der Waals surface area (Å²) < 4.78 is 10.7. The van der Waals surface area contributed by atoms with E-state index in [9.17, 15) is 0 Å². The lowest BCUT2D eigenvalue weighted by atomic mass is 10.2. The molecule has 1 aromatic heterocycles. The highest BCUT2D eigenvalue weighted by molar-refractivity contribution is 7.09. The standard InChI is InChI=1S/C11H18N2O2S/c1-8(14-2)5-11-13-10(7-16-11)9-6-15-4-3-12-9/h7-9,12H,3-6H2,1-2H3. The quantitative estimate of drug-likeness (QED) is 0.866. The van der Waals surface area contributed by atoms with Gasteiger partial charge >= 0.3 is 0 Å². The van der Waals surface area contributed by atoms with Crippen LogP contribution < -0.4 is 5.32 Å². The molecule has 1 aromatic rings. The first-order valence-corrected chi connectivity index (χ1v) is 6.45. The number of hydrogen-bond donors (Lipinski definition) is 1. The average molecular weight is 242 g/mol. The van der Waals surface area contributed by atoms with E-state index in [4.69, 9.17) is 9.47 Å². The van der Waals surface area contributed by atoms with Gasteiger partial charge in [0.15, 0.2) is 0 Å². The molecule has 0 radical (unpaired) electrons. The van der Waals surface area contributed by atoms with Crippen molar-refractivity contribution in [3.05, 3.63) is 16.1 Å². The zero-order valence-electron chi connectivity index (χ0n) is 9.73. The molecule has 1 N–H and O–H groups in total. The molecule has 90 valence electrons. The Labute approximate surface area is 100.0 Å². The van der Waals surface area contributed by atoms with Crippen LogP contribution in [0.3, 0.4) is 0 Å². The summed E-state index contributed by atoms with van der Waals surface area (Å²) in [5, 5.41) is 6.65. The van der Waals surface area contributed by atoms with Crippen LogP contribution in [0.1, 0.15) is 23.7 Å². The molecule has 16 heavy (non-hydrogen) atoms. The smallest absolute Gasteiger partial charge is 0.0954 e. The molecule has 2 unspecified atom stereocenters. The van der Waals surface area contributed by atoms with Crippen molar-refractivity contribution in [2.45, 2.75) is 25.5 Å². The SMILES string of the molecule is COC(C)Cc1nc(C2COCCN2)cs1. The lowest BCUT2D eigenvalue weighted by Gasteiger charge is -2.22. The number of thiazole rings is 1. The molecule has 0 amide bonds. The van der Waals surface area contributed by atoms with Crippen molar-refractivity contribution in [3.8, 4) is 0 Å². The van der Waals surface area contributed by atoms with E-state index in [1.54, 1.807) is 18.4 Å². The van der Waals surface area contributed by atoms with Gasteiger partial charge in [-0.3, -0.25) is 0 Å². The van der Waals surface area contributed by atoms with E-state index in [1.807, 2.05) is 0 Å². The maximum Gasteiger partial charge on any atom is 0.0954 e. The number of nitrogens with one attached hydrogen (secondary N) is 1. The van der Waals surface area contributed by atoms with Crippen molar-refractivity contribution in [2.24, 2.45) is 0 Å². The molecule has 0 bridgehead atoms. The van der Waals surface area contributed by atoms with Gasteiger partial charge in [0.25, 0.3) is 0 Å². The van der Waals surface area contributed by atoms with Gasteiger partial charge in [-0.25, -0.2) is 4.98 Å². The Morgan fingerprint density at radius 3 is 3.31 bits per heavy atom. The van der Waals surface area contributed by atoms with Gasteiger partial charge in [-0.05, 0) is 6.92 Å². The van der Waals surface area contributed by atoms with Crippen molar-refractivity contribution in [1.82, 2.24) is 10.3 Å². The Morgan fingerprint density at radius 2 is 2.62 bits per heavy atom. The fraction of sp³-hybridized carbons (Fsp3) is 0.727. The molecular weight excluding hydrogens is 224 g/mol. The van der Waals surface area contributed by atoms with E-state index in [2.05, 4.69) is 22.6 Å². The van der Waals surface area contributed by atoms with Gasteiger partial charge in [-0.15, -0.1) is 11.3 Å². The van der Waals surface area contributed by atoms with Gasteiger partial charge in [0.2, 0.25) is 0 Å². The first-order valence-electron chi connectivity index (χ1n) is 5.58. The number of aromatic nitrogens is 1. The van der Waals surface area contributed by atoms with Gasteiger partial charge in [0.1, 0.15) is 0 Å². The number of ether oxygens (including phenoxy) is 2. The summed E-state index contributed by atoms with van der Waals surface area (Å²) in [7, 11) is 1.73. The van der Waals surface area contributed by atoms with Crippen molar-refractivity contribution < 1.29 is 9.47 Å². The first-order chi connectivity index (χ1) is 7.79. The normalized spacial score (nSPS) is 23.2. The Kier molecular flexibility index (Phi) is 4.29. The summed E-state index contributed by atoms with van der Waals surface area (Å²) in [6.45, 7) is 4.49. The van der Waals surface area contributed by atoms with E-state index in [0.29, 0.717) is 0 Å². The number of methoxy groups -OCH3 is 1. The Bertz CT molecular complexity index is 324. The largest absolute Gasteiger partial charge is 0.381 e. The third-order valence-electron chi connectivity index (χ3n) is 2.71. The van der Waals surface area contributed by atoms with Crippen LogP contribution in [0.4, 0.5) is 0 Å². The molecule has 1 aliphatic rings. The Balaban J connectivity index is 1.95. The second kappa shape index (κ2) is 5.72. The molecule has 1 fully saturated rings. The van der Waals surface area contributed by atoms with Crippen LogP contribution in [0, 0.1) is 0 Å². The molecule has 4 nitrogen and oxygen atoms in total. The van der Waals surface area contributed by atoms with Crippen LogP contribution in [0.2, 0.25) is 0 Å². The summed E-state index contributed by atoms with van der Waals surface area (Å²) in [6.07, 6.45) is 1.11. The van der Waals surface area contributed by atoms with Crippen molar-refractivity contribution in [2.75, 3.05) is 26.9 Å². The molecule has 1 saturated heterocycles. The summed E-state index contributed by atoms with van der Waals surface area (Å²) in [5.74, 6) is 0. The molecule has 2 atom stereocenters. The van der Waals surface area contributed by atoms with Crippen LogP contribution >= 0.6 is 11.3 Å². The Hall–Kier alpha value is -0.490. The highest BCUT2D eigenvalue weighted by atomic mass is 32.1. The molecule has 0 aliphatic carbocycles. The average Bonchev–Trinajstić information content (AvgIpc) is 2.78.